The Morgan fingerprint density at radius 2 is 1.73 bits per heavy atom. The number of nitrogens with one attached hydrogen (secondary N) is 1. The van der Waals surface area contributed by atoms with Crippen LogP contribution in [0.15, 0.2) is 77.7 Å². The highest BCUT2D eigenvalue weighted by Gasteiger charge is 2.27. The molecule has 0 bridgehead atoms. The summed E-state index contributed by atoms with van der Waals surface area (Å²) >= 11 is 6.23. The number of sulfonamides is 1. The van der Waals surface area contributed by atoms with E-state index in [2.05, 4.69) is 12.2 Å². The van der Waals surface area contributed by atoms with Gasteiger partial charge in [0.2, 0.25) is 5.91 Å². The van der Waals surface area contributed by atoms with Gasteiger partial charge in [-0.05, 0) is 60.9 Å². The van der Waals surface area contributed by atoms with Crippen molar-refractivity contribution in [3.8, 4) is 5.75 Å². The molecule has 0 aliphatic heterocycles. The number of amides is 1. The highest BCUT2D eigenvalue weighted by Crippen LogP contribution is 2.27. The lowest BCUT2D eigenvalue weighted by Crippen LogP contribution is -2.42. The summed E-state index contributed by atoms with van der Waals surface area (Å²) in [5.41, 5.74) is 2.34. The summed E-state index contributed by atoms with van der Waals surface area (Å²) in [7, 11) is -3.98. The fourth-order valence-electron chi connectivity index (χ4n) is 3.14. The van der Waals surface area contributed by atoms with Gasteiger partial charge < -0.3 is 10.1 Å². The second-order valence-electron chi connectivity index (χ2n) is 7.45. The van der Waals surface area contributed by atoms with Crippen molar-refractivity contribution in [3.63, 3.8) is 0 Å². The van der Waals surface area contributed by atoms with Gasteiger partial charge in [-0.2, -0.15) is 0 Å². The number of rotatable bonds is 10. The minimum atomic E-state index is -3.98. The van der Waals surface area contributed by atoms with E-state index in [1.54, 1.807) is 36.4 Å². The summed E-state index contributed by atoms with van der Waals surface area (Å²) < 4.78 is 33.3. The van der Waals surface area contributed by atoms with E-state index < -0.39 is 15.9 Å². The molecule has 0 saturated heterocycles. The molecule has 1 amide bonds. The molecule has 3 aromatic rings. The van der Waals surface area contributed by atoms with Crippen molar-refractivity contribution in [1.29, 1.82) is 0 Å². The molecule has 1 N–H and O–H groups in total. The van der Waals surface area contributed by atoms with Gasteiger partial charge in [0.25, 0.3) is 10.0 Å². The summed E-state index contributed by atoms with van der Waals surface area (Å²) in [6, 6.07) is 20.7. The van der Waals surface area contributed by atoms with E-state index in [1.807, 2.05) is 31.2 Å². The molecular weight excluding hydrogens is 460 g/mol. The topological polar surface area (TPSA) is 75.7 Å². The first kappa shape index (κ1) is 24.6. The number of carbonyl (C=O) groups excluding carboxylic acids is 1. The molecule has 6 nitrogen and oxygen atoms in total. The van der Waals surface area contributed by atoms with Crippen LogP contribution in [-0.4, -0.2) is 34.0 Å². The van der Waals surface area contributed by atoms with Crippen LogP contribution in [0.5, 0.6) is 5.75 Å². The number of benzene rings is 3. The Balaban J connectivity index is 1.69. The molecule has 174 valence electrons. The second kappa shape index (κ2) is 11.2. The Hall–Kier alpha value is -3.03. The number of aryl methyl sites for hydroxylation is 2. The molecule has 0 aliphatic rings. The molecular formula is C25H27ClN2O4S. The molecule has 8 heteroatoms. The normalized spacial score (nSPS) is 11.1. The lowest BCUT2D eigenvalue weighted by atomic mass is 10.2. The molecule has 0 spiro atoms. The van der Waals surface area contributed by atoms with Gasteiger partial charge in [-0.25, -0.2) is 8.42 Å². The summed E-state index contributed by atoms with van der Waals surface area (Å²) in [6.07, 6.45) is 0.949. The predicted molar refractivity (Wildman–Crippen MR) is 131 cm³/mol. The smallest absolute Gasteiger partial charge is 0.264 e. The maximum Gasteiger partial charge on any atom is 0.264 e. The number of nitrogens with zero attached hydrogens (tertiary/aromatic N) is 1. The monoisotopic (exact) mass is 486 g/mol. The van der Waals surface area contributed by atoms with Crippen molar-refractivity contribution in [3.05, 3.63) is 88.9 Å². The first-order valence-electron chi connectivity index (χ1n) is 10.6. The van der Waals surface area contributed by atoms with Crippen molar-refractivity contribution in [1.82, 2.24) is 5.32 Å². The molecule has 3 aromatic carbocycles. The first-order valence-corrected chi connectivity index (χ1v) is 12.5. The quantitative estimate of drug-likeness (QED) is 0.425. The van der Waals surface area contributed by atoms with E-state index in [9.17, 15) is 13.2 Å². The van der Waals surface area contributed by atoms with Crippen LogP contribution >= 0.6 is 11.6 Å². The Morgan fingerprint density at radius 3 is 2.36 bits per heavy atom. The van der Waals surface area contributed by atoms with Crippen LogP contribution in [0.2, 0.25) is 5.02 Å². The number of hydrogen-bond acceptors (Lipinski definition) is 4. The maximum atomic E-state index is 13.3. The van der Waals surface area contributed by atoms with Gasteiger partial charge >= 0.3 is 0 Å². The number of ether oxygens (including phenoxy) is 1. The zero-order chi connectivity index (χ0) is 23.8. The summed E-state index contributed by atoms with van der Waals surface area (Å²) in [5, 5.41) is 3.14. The lowest BCUT2D eigenvalue weighted by molar-refractivity contribution is -0.119. The minimum absolute atomic E-state index is 0.0911. The SMILES string of the molecule is CCc1ccc(OCCNC(=O)CN(c2ccc(C)c(Cl)c2)S(=O)(=O)c2ccccc2)cc1. The molecule has 0 radical (unpaired) electrons. The van der Waals surface area contributed by atoms with Crippen LogP contribution in [-0.2, 0) is 21.2 Å². The average molecular weight is 487 g/mol. The highest BCUT2D eigenvalue weighted by molar-refractivity contribution is 7.92. The fourth-order valence-corrected chi connectivity index (χ4v) is 4.75. The molecule has 0 atom stereocenters. The molecule has 33 heavy (non-hydrogen) atoms. The van der Waals surface area contributed by atoms with Gasteiger partial charge in [0, 0.05) is 5.02 Å². The number of anilines is 1. The molecule has 0 saturated carbocycles. The van der Waals surface area contributed by atoms with Crippen LogP contribution in [0, 0.1) is 6.92 Å². The van der Waals surface area contributed by atoms with Gasteiger partial charge in [-0.3, -0.25) is 9.10 Å². The fraction of sp³-hybridized carbons (Fsp3) is 0.240. The van der Waals surface area contributed by atoms with Crippen LogP contribution in [0.4, 0.5) is 5.69 Å². The first-order chi connectivity index (χ1) is 15.8. The molecule has 0 unspecified atom stereocenters. The van der Waals surface area contributed by atoms with E-state index in [1.165, 1.54) is 17.7 Å². The molecule has 3 rings (SSSR count). The van der Waals surface area contributed by atoms with Crippen molar-refractivity contribution in [2.45, 2.75) is 25.2 Å². The van der Waals surface area contributed by atoms with E-state index in [4.69, 9.17) is 16.3 Å². The zero-order valence-corrected chi connectivity index (χ0v) is 20.2. The van der Waals surface area contributed by atoms with Crippen molar-refractivity contribution in [2.24, 2.45) is 0 Å². The summed E-state index contributed by atoms with van der Waals surface area (Å²) in [4.78, 5) is 12.7. The van der Waals surface area contributed by atoms with Crippen LogP contribution < -0.4 is 14.4 Å². The van der Waals surface area contributed by atoms with Gasteiger partial charge in [0.15, 0.2) is 0 Å². The molecule has 0 aromatic heterocycles. The maximum absolute atomic E-state index is 13.3. The Kier molecular flexibility index (Phi) is 8.36. The Morgan fingerprint density at radius 1 is 1.03 bits per heavy atom. The largest absolute Gasteiger partial charge is 0.492 e. The standard InChI is InChI=1S/C25H27ClN2O4S/c1-3-20-10-13-22(14-11-20)32-16-15-27-25(29)18-28(21-12-9-19(2)24(26)17-21)33(30,31)23-7-5-4-6-8-23/h4-14,17H,3,15-16,18H2,1-2H3,(H,27,29). The van der Waals surface area contributed by atoms with Gasteiger partial charge in [-0.15, -0.1) is 0 Å². The van der Waals surface area contributed by atoms with Gasteiger partial charge in [0.1, 0.15) is 18.9 Å². The summed E-state index contributed by atoms with van der Waals surface area (Å²) in [6.45, 7) is 4.02. The summed E-state index contributed by atoms with van der Waals surface area (Å²) in [5.74, 6) is 0.264. The van der Waals surface area contributed by atoms with Gasteiger partial charge in [-0.1, -0.05) is 54.9 Å². The van der Waals surface area contributed by atoms with E-state index in [0.29, 0.717) is 16.5 Å². The molecule has 0 aliphatic carbocycles. The third-order valence-electron chi connectivity index (χ3n) is 5.09. The Labute approximate surface area is 200 Å². The minimum Gasteiger partial charge on any atom is -0.492 e. The van der Waals surface area contributed by atoms with E-state index >= 15 is 0 Å². The van der Waals surface area contributed by atoms with Crippen LogP contribution in [0.1, 0.15) is 18.1 Å². The third-order valence-corrected chi connectivity index (χ3v) is 7.28. The van der Waals surface area contributed by atoms with Crippen molar-refractivity contribution < 1.29 is 17.9 Å². The van der Waals surface area contributed by atoms with E-state index in [-0.39, 0.29) is 24.6 Å². The lowest BCUT2D eigenvalue weighted by Gasteiger charge is -2.24. The van der Waals surface area contributed by atoms with Crippen molar-refractivity contribution in [2.75, 3.05) is 24.0 Å². The van der Waals surface area contributed by atoms with E-state index in [0.717, 1.165) is 16.3 Å². The average Bonchev–Trinajstić information content (AvgIpc) is 2.83. The number of carbonyl (C=O) groups is 1. The molecule has 0 heterocycles. The predicted octanol–water partition coefficient (Wildman–Crippen LogP) is 4.60. The third kappa shape index (κ3) is 6.49. The number of hydrogen-bond donors (Lipinski definition) is 1. The number of halogens is 1. The highest BCUT2D eigenvalue weighted by atomic mass is 35.5. The van der Waals surface area contributed by atoms with Crippen molar-refractivity contribution >= 4 is 33.2 Å². The Bertz CT molecular complexity index is 1180. The second-order valence-corrected chi connectivity index (χ2v) is 9.72. The van der Waals surface area contributed by atoms with Crippen LogP contribution in [0.25, 0.3) is 0 Å². The van der Waals surface area contributed by atoms with Crippen LogP contribution in [0.3, 0.4) is 0 Å². The van der Waals surface area contributed by atoms with Gasteiger partial charge in [0.05, 0.1) is 17.1 Å². The zero-order valence-electron chi connectivity index (χ0n) is 18.6. The molecule has 0 fully saturated rings.